The number of hydrogen-bond donors (Lipinski definition) is 2. The van der Waals surface area contributed by atoms with Gasteiger partial charge >= 0.3 is 6.18 Å². The van der Waals surface area contributed by atoms with Crippen LogP contribution in [0.3, 0.4) is 0 Å². The third-order valence-electron chi connectivity index (χ3n) is 3.59. The van der Waals surface area contributed by atoms with Gasteiger partial charge in [-0.1, -0.05) is 0 Å². The van der Waals surface area contributed by atoms with Gasteiger partial charge in [0.05, 0.1) is 5.69 Å². The van der Waals surface area contributed by atoms with E-state index in [4.69, 9.17) is 0 Å². The van der Waals surface area contributed by atoms with Gasteiger partial charge in [0.2, 0.25) is 0 Å². The van der Waals surface area contributed by atoms with Crippen molar-refractivity contribution in [2.75, 3.05) is 11.2 Å². The molecule has 2 aliphatic heterocycles. The van der Waals surface area contributed by atoms with E-state index < -0.39 is 33.5 Å². The second kappa shape index (κ2) is 4.77. The fourth-order valence-corrected chi connectivity index (χ4v) is 4.82. The van der Waals surface area contributed by atoms with E-state index in [0.29, 0.717) is 10.6 Å². The van der Waals surface area contributed by atoms with Crippen LogP contribution in [0.15, 0.2) is 28.1 Å². The topological polar surface area (TPSA) is 90.2 Å². The fraction of sp³-hybridized carbons (Fsp3) is 0.417. The molecule has 6 nitrogen and oxygen atoms in total. The fourth-order valence-electron chi connectivity index (χ4n) is 2.45. The summed E-state index contributed by atoms with van der Waals surface area (Å²) in [7, 11) is -3.95. The Morgan fingerprint density at radius 1 is 1.43 bits per heavy atom. The van der Waals surface area contributed by atoms with E-state index in [9.17, 15) is 31.8 Å². The van der Waals surface area contributed by atoms with Crippen molar-refractivity contribution >= 4 is 32.5 Å². The Kier molecular flexibility index (Phi) is 3.40. The van der Waals surface area contributed by atoms with Crippen LogP contribution in [0.5, 0.6) is 5.75 Å². The molecule has 0 radical (unpaired) electrons. The Morgan fingerprint density at radius 2 is 2.09 bits per heavy atom. The number of nitrogens with zero attached hydrogens (tertiary/aromatic N) is 2. The number of phenolic OH excluding ortho intramolecular Hbond substituents is 1. The second-order valence-electron chi connectivity index (χ2n) is 5.32. The van der Waals surface area contributed by atoms with Crippen LogP contribution < -0.4 is 4.90 Å². The first-order valence-electron chi connectivity index (χ1n) is 6.30. The van der Waals surface area contributed by atoms with Crippen molar-refractivity contribution in [2.24, 2.45) is 4.99 Å². The molecule has 0 amide bonds. The molecule has 126 valence electrons. The smallest absolute Gasteiger partial charge is 0.438 e. The zero-order valence-electron chi connectivity index (χ0n) is 11.6. The van der Waals surface area contributed by atoms with Crippen molar-refractivity contribution in [2.45, 2.75) is 28.6 Å². The van der Waals surface area contributed by atoms with Gasteiger partial charge in [0.1, 0.15) is 11.1 Å². The molecule has 0 bridgehead atoms. The first-order chi connectivity index (χ1) is 10.4. The van der Waals surface area contributed by atoms with E-state index in [-0.39, 0.29) is 10.9 Å². The normalized spacial score (nSPS) is 27.4. The molecule has 0 saturated carbocycles. The highest BCUT2D eigenvalue weighted by atomic mass is 32.2. The maximum absolute atomic E-state index is 13.1. The molecule has 2 heterocycles. The van der Waals surface area contributed by atoms with E-state index in [1.807, 2.05) is 0 Å². The van der Waals surface area contributed by atoms with Crippen LogP contribution in [0.25, 0.3) is 0 Å². The van der Waals surface area contributed by atoms with Gasteiger partial charge in [-0.25, -0.2) is 13.4 Å². The molecule has 2 N–H and O–H groups in total. The SMILES string of the molecule is CS(=O)(=O)C1CC(O)(C(F)(F)F)N=C2Sc3cc(O)ccc3N21. The Bertz CT molecular complexity index is 809. The number of halogens is 3. The van der Waals surface area contributed by atoms with E-state index >= 15 is 0 Å². The van der Waals surface area contributed by atoms with E-state index in [1.54, 1.807) is 0 Å². The van der Waals surface area contributed by atoms with E-state index in [2.05, 4.69) is 4.99 Å². The molecule has 1 aromatic carbocycles. The van der Waals surface area contributed by atoms with Crippen LogP contribution in [-0.4, -0.2) is 47.3 Å². The second-order valence-corrected chi connectivity index (χ2v) is 8.53. The lowest BCUT2D eigenvalue weighted by molar-refractivity contribution is -0.259. The molecule has 11 heteroatoms. The number of fused-ring (bicyclic) bond motifs is 3. The van der Waals surface area contributed by atoms with Crippen LogP contribution in [0, 0.1) is 0 Å². The monoisotopic (exact) mass is 368 g/mol. The summed E-state index contributed by atoms with van der Waals surface area (Å²) < 4.78 is 63.3. The Hall–Kier alpha value is -1.46. The first-order valence-corrected chi connectivity index (χ1v) is 9.07. The number of hydrogen-bond acceptors (Lipinski definition) is 7. The minimum Gasteiger partial charge on any atom is -0.508 e. The quantitative estimate of drug-likeness (QED) is 0.784. The Labute approximate surface area is 133 Å². The largest absolute Gasteiger partial charge is 0.508 e. The summed E-state index contributed by atoms with van der Waals surface area (Å²) in [5.74, 6) is -0.112. The van der Waals surface area contributed by atoms with Gasteiger partial charge in [-0.2, -0.15) is 13.2 Å². The third kappa shape index (κ3) is 2.56. The number of alkyl halides is 3. The van der Waals surface area contributed by atoms with Crippen molar-refractivity contribution in [1.29, 1.82) is 0 Å². The Morgan fingerprint density at radius 3 is 2.65 bits per heavy atom. The van der Waals surface area contributed by atoms with E-state index in [1.165, 1.54) is 18.2 Å². The van der Waals surface area contributed by atoms with Crippen LogP contribution in [-0.2, 0) is 9.84 Å². The van der Waals surface area contributed by atoms with Crippen molar-refractivity contribution in [3.63, 3.8) is 0 Å². The highest BCUT2D eigenvalue weighted by molar-refractivity contribution is 8.15. The zero-order chi connectivity index (χ0) is 17.2. The molecule has 0 fully saturated rings. The summed E-state index contributed by atoms with van der Waals surface area (Å²) in [5, 5.41) is 17.4. The predicted molar refractivity (Wildman–Crippen MR) is 78.1 cm³/mol. The maximum atomic E-state index is 13.1. The lowest BCUT2D eigenvalue weighted by atomic mass is 10.1. The molecule has 2 aliphatic rings. The predicted octanol–water partition coefficient (Wildman–Crippen LogP) is 1.69. The van der Waals surface area contributed by atoms with Gasteiger partial charge in [0, 0.05) is 17.6 Å². The summed E-state index contributed by atoms with van der Waals surface area (Å²) in [6.07, 6.45) is -5.42. The summed E-state index contributed by atoms with van der Waals surface area (Å²) in [4.78, 5) is 4.86. The highest BCUT2D eigenvalue weighted by Crippen LogP contribution is 2.50. The molecule has 1 aromatic rings. The summed E-state index contributed by atoms with van der Waals surface area (Å²) >= 11 is 0.764. The standard InChI is InChI=1S/C12H11F3N2O4S2/c1-23(20,21)9-5-11(19,12(13,14)15)16-10-17(9)7-3-2-6(18)4-8(7)22-10/h2-4,9,18-19H,5H2,1H3. The summed E-state index contributed by atoms with van der Waals surface area (Å²) in [6.45, 7) is 0. The number of aliphatic hydroxyl groups is 1. The van der Waals surface area contributed by atoms with Crippen LogP contribution in [0.1, 0.15) is 6.42 Å². The van der Waals surface area contributed by atoms with Crippen molar-refractivity contribution in [1.82, 2.24) is 0 Å². The van der Waals surface area contributed by atoms with Crippen molar-refractivity contribution in [3.05, 3.63) is 18.2 Å². The minimum absolute atomic E-state index is 0.112. The number of amidine groups is 1. The number of thioether (sulfide) groups is 1. The average molecular weight is 368 g/mol. The van der Waals surface area contributed by atoms with Crippen LogP contribution in [0.2, 0.25) is 0 Å². The van der Waals surface area contributed by atoms with Crippen molar-refractivity contribution < 1.29 is 31.8 Å². The van der Waals surface area contributed by atoms with Gasteiger partial charge in [-0.15, -0.1) is 0 Å². The number of sulfone groups is 1. The zero-order valence-corrected chi connectivity index (χ0v) is 13.2. The van der Waals surface area contributed by atoms with Gasteiger partial charge in [-0.3, -0.25) is 0 Å². The molecular formula is C12H11F3N2O4S2. The first kappa shape index (κ1) is 16.4. The number of rotatable bonds is 1. The lowest BCUT2D eigenvalue weighted by Crippen LogP contribution is -2.57. The molecule has 2 atom stereocenters. The van der Waals surface area contributed by atoms with Crippen molar-refractivity contribution in [3.8, 4) is 5.75 Å². The molecule has 0 aliphatic carbocycles. The van der Waals surface area contributed by atoms with Gasteiger partial charge < -0.3 is 15.1 Å². The Balaban J connectivity index is 2.20. The minimum atomic E-state index is -5.10. The number of phenols is 1. The molecule has 2 unspecified atom stereocenters. The van der Waals surface area contributed by atoms with Gasteiger partial charge in [0.25, 0.3) is 5.72 Å². The highest BCUT2D eigenvalue weighted by Gasteiger charge is 2.60. The maximum Gasteiger partial charge on any atom is 0.438 e. The third-order valence-corrected chi connectivity index (χ3v) is 5.97. The molecule has 0 saturated heterocycles. The number of aromatic hydroxyl groups is 1. The van der Waals surface area contributed by atoms with E-state index in [0.717, 1.165) is 22.9 Å². The summed E-state index contributed by atoms with van der Waals surface area (Å²) in [6, 6.07) is 4.00. The number of aliphatic imine (C=N–C) groups is 1. The summed E-state index contributed by atoms with van der Waals surface area (Å²) in [5.41, 5.74) is -3.14. The van der Waals surface area contributed by atoms with Crippen LogP contribution >= 0.6 is 11.8 Å². The average Bonchev–Trinajstić information content (AvgIpc) is 2.71. The lowest BCUT2D eigenvalue weighted by Gasteiger charge is -2.39. The molecule has 23 heavy (non-hydrogen) atoms. The van der Waals surface area contributed by atoms with Gasteiger partial charge in [-0.05, 0) is 30.0 Å². The number of benzene rings is 1. The molecular weight excluding hydrogens is 357 g/mol. The van der Waals surface area contributed by atoms with Gasteiger partial charge in [0.15, 0.2) is 15.0 Å². The molecule has 0 spiro atoms. The molecule has 3 rings (SSSR count). The number of anilines is 1. The van der Waals surface area contributed by atoms with Crippen LogP contribution in [0.4, 0.5) is 18.9 Å². The molecule has 0 aromatic heterocycles.